The van der Waals surface area contributed by atoms with Crippen LogP contribution in [0.4, 0.5) is 23.7 Å². The van der Waals surface area contributed by atoms with Gasteiger partial charge in [-0.25, -0.2) is 9.78 Å². The van der Waals surface area contributed by atoms with Crippen molar-refractivity contribution < 1.29 is 42.1 Å². The lowest BCUT2D eigenvalue weighted by molar-refractivity contribution is -0.137. The summed E-state index contributed by atoms with van der Waals surface area (Å²) in [5, 5.41) is 11.2. The Labute approximate surface area is 204 Å². The van der Waals surface area contributed by atoms with Crippen molar-refractivity contribution in [2.45, 2.75) is 6.18 Å². The molecule has 0 aliphatic carbocycles. The zero-order chi connectivity index (χ0) is 26.3. The molecule has 36 heavy (non-hydrogen) atoms. The third-order valence-corrected chi connectivity index (χ3v) is 4.58. The normalized spacial score (nSPS) is 11.2. The number of benzene rings is 2. The van der Waals surface area contributed by atoms with Crippen molar-refractivity contribution in [3.05, 3.63) is 71.9 Å². The van der Waals surface area contributed by atoms with Crippen molar-refractivity contribution >= 4 is 17.7 Å². The van der Waals surface area contributed by atoms with Gasteiger partial charge >= 0.3 is 12.3 Å². The highest BCUT2D eigenvalue weighted by molar-refractivity contribution is 6.05. The first kappa shape index (κ1) is 26.3. The largest absolute Gasteiger partial charge is 0.512 e. The van der Waals surface area contributed by atoms with Gasteiger partial charge in [0.25, 0.3) is 5.91 Å². The highest BCUT2D eigenvalue weighted by atomic mass is 19.4. The second-order valence-electron chi connectivity index (χ2n) is 7.64. The van der Waals surface area contributed by atoms with Crippen molar-refractivity contribution in [2.75, 3.05) is 32.6 Å². The summed E-state index contributed by atoms with van der Waals surface area (Å²) >= 11 is 0. The van der Waals surface area contributed by atoms with E-state index in [0.717, 1.165) is 18.2 Å². The average molecular weight is 505 g/mol. The Kier molecular flexibility index (Phi) is 8.33. The van der Waals surface area contributed by atoms with Crippen LogP contribution >= 0.6 is 0 Å². The Morgan fingerprint density at radius 3 is 2.50 bits per heavy atom. The number of likely N-dealkylation sites (N-methyl/N-ethyl adjacent to an activating group) is 1. The van der Waals surface area contributed by atoms with E-state index in [2.05, 4.69) is 15.0 Å². The minimum atomic E-state index is -4.61. The molecule has 1 amide bonds. The smallest absolute Gasteiger partial charge is 0.490 e. The number of aromatic nitrogens is 1. The number of alkyl halides is 3. The van der Waals surface area contributed by atoms with Crippen LogP contribution in [-0.2, 0) is 6.18 Å². The fourth-order valence-corrected chi connectivity index (χ4v) is 2.90. The van der Waals surface area contributed by atoms with E-state index in [1.807, 2.05) is 19.0 Å². The monoisotopic (exact) mass is 505 g/mol. The van der Waals surface area contributed by atoms with Crippen LogP contribution in [0.25, 0.3) is 0 Å². The summed E-state index contributed by atoms with van der Waals surface area (Å²) in [6, 6.07) is 11.4. The second-order valence-corrected chi connectivity index (χ2v) is 7.64. The minimum absolute atomic E-state index is 0.0911. The van der Waals surface area contributed by atoms with E-state index < -0.39 is 23.8 Å². The van der Waals surface area contributed by atoms with Crippen LogP contribution in [0.3, 0.4) is 0 Å². The van der Waals surface area contributed by atoms with Gasteiger partial charge < -0.3 is 29.5 Å². The number of rotatable bonds is 9. The number of hydrogen-bond acceptors (Lipinski definition) is 7. The molecule has 0 bridgehead atoms. The molecule has 0 saturated heterocycles. The van der Waals surface area contributed by atoms with Crippen LogP contribution < -0.4 is 19.5 Å². The van der Waals surface area contributed by atoms with Crippen molar-refractivity contribution in [1.29, 1.82) is 0 Å². The molecule has 0 aliphatic heterocycles. The van der Waals surface area contributed by atoms with Crippen LogP contribution in [0.15, 0.2) is 60.8 Å². The van der Waals surface area contributed by atoms with E-state index in [9.17, 15) is 22.8 Å². The predicted molar refractivity (Wildman–Crippen MR) is 123 cm³/mol. The number of nitrogens with zero attached hydrogens (tertiary/aromatic N) is 2. The number of pyridine rings is 1. The average Bonchev–Trinajstić information content (AvgIpc) is 2.79. The van der Waals surface area contributed by atoms with Crippen molar-refractivity contribution in [3.8, 4) is 23.1 Å². The van der Waals surface area contributed by atoms with Crippen molar-refractivity contribution in [1.82, 2.24) is 9.88 Å². The summed E-state index contributed by atoms with van der Waals surface area (Å²) in [5.41, 5.74) is -0.975. The molecule has 190 valence electrons. The molecule has 0 spiro atoms. The summed E-state index contributed by atoms with van der Waals surface area (Å²) < 4.78 is 55.5. The third kappa shape index (κ3) is 7.60. The number of carbonyl (C=O) groups excluding carboxylic acids is 1. The molecule has 0 aliphatic rings. The maximum absolute atomic E-state index is 13.3. The van der Waals surface area contributed by atoms with Gasteiger partial charge in [-0.1, -0.05) is 6.07 Å². The summed E-state index contributed by atoms with van der Waals surface area (Å²) in [7, 11) is 3.64. The van der Waals surface area contributed by atoms with Gasteiger partial charge in [0, 0.05) is 24.4 Å². The van der Waals surface area contributed by atoms with Crippen molar-refractivity contribution in [3.63, 3.8) is 0 Å². The number of carbonyl (C=O) groups is 2. The quantitative estimate of drug-likeness (QED) is 0.385. The lowest BCUT2D eigenvalue weighted by Gasteiger charge is -2.17. The Bertz CT molecular complexity index is 1230. The summed E-state index contributed by atoms with van der Waals surface area (Å²) in [6.45, 7) is 0.714. The van der Waals surface area contributed by atoms with E-state index in [0.29, 0.717) is 6.54 Å². The number of nitrogens with one attached hydrogen (secondary N) is 1. The summed E-state index contributed by atoms with van der Waals surface area (Å²) in [5.74, 6) is -0.412. The Morgan fingerprint density at radius 2 is 1.81 bits per heavy atom. The number of ether oxygens (including phenoxy) is 3. The molecule has 0 radical (unpaired) electrons. The molecule has 0 unspecified atom stereocenters. The molecular weight excluding hydrogens is 483 g/mol. The van der Waals surface area contributed by atoms with Crippen molar-refractivity contribution in [2.24, 2.45) is 0 Å². The fourth-order valence-electron chi connectivity index (χ4n) is 2.90. The number of amides is 1. The first-order valence-electron chi connectivity index (χ1n) is 10.5. The fraction of sp³-hybridized carbons (Fsp3) is 0.208. The lowest BCUT2D eigenvalue weighted by Crippen LogP contribution is -2.20. The molecule has 0 fully saturated rings. The number of carboxylic acid groups (broad SMARTS) is 1. The molecule has 2 aromatic carbocycles. The van der Waals surface area contributed by atoms with Crippen LogP contribution in [0.2, 0.25) is 0 Å². The second kappa shape index (κ2) is 11.4. The first-order chi connectivity index (χ1) is 17.0. The topological polar surface area (TPSA) is 110 Å². The molecule has 9 nitrogen and oxygen atoms in total. The summed E-state index contributed by atoms with van der Waals surface area (Å²) in [4.78, 5) is 29.1. The first-order valence-corrected chi connectivity index (χ1v) is 10.5. The third-order valence-electron chi connectivity index (χ3n) is 4.58. The van der Waals surface area contributed by atoms with Crippen LogP contribution in [-0.4, -0.2) is 54.3 Å². The maximum Gasteiger partial charge on any atom is 0.512 e. The van der Waals surface area contributed by atoms with Crippen LogP contribution in [0, 0.1) is 0 Å². The Hall–Kier alpha value is -4.32. The Morgan fingerprint density at radius 1 is 1.06 bits per heavy atom. The van der Waals surface area contributed by atoms with E-state index in [1.165, 1.54) is 42.6 Å². The molecule has 1 aromatic heterocycles. The lowest BCUT2D eigenvalue weighted by atomic mass is 10.1. The van der Waals surface area contributed by atoms with Crippen LogP contribution in [0.5, 0.6) is 23.1 Å². The predicted octanol–water partition coefficient (Wildman–Crippen LogP) is 5.14. The van der Waals surface area contributed by atoms with Gasteiger partial charge in [-0.3, -0.25) is 4.79 Å². The molecule has 12 heteroatoms. The van der Waals surface area contributed by atoms with Gasteiger partial charge in [-0.05, 0) is 56.6 Å². The SMILES string of the molecule is CN(C)CCOc1ccc(C(F)(F)F)cc1NC(=O)c1cccc(Oc2ccnc(OC(=O)O)c2)c1. The zero-order valence-corrected chi connectivity index (χ0v) is 19.2. The number of anilines is 1. The molecule has 2 N–H and O–H groups in total. The van der Waals surface area contributed by atoms with Crippen LogP contribution in [0.1, 0.15) is 15.9 Å². The standard InChI is InChI=1S/C24H22F3N3O6/c1-30(2)10-11-34-20-7-6-16(24(25,26)27)13-19(20)29-22(31)15-4-3-5-17(12-15)35-18-8-9-28-21(14-18)36-23(32)33/h3-9,12-14H,10-11H2,1-2H3,(H,29,31)(H,32,33). The van der Waals surface area contributed by atoms with E-state index in [1.54, 1.807) is 0 Å². The number of hydrogen-bond donors (Lipinski definition) is 2. The van der Waals surface area contributed by atoms with Gasteiger partial charge in [0.1, 0.15) is 23.9 Å². The highest BCUT2D eigenvalue weighted by Crippen LogP contribution is 2.35. The van der Waals surface area contributed by atoms with Gasteiger partial charge in [-0.15, -0.1) is 0 Å². The van der Waals surface area contributed by atoms with E-state index >= 15 is 0 Å². The van der Waals surface area contributed by atoms with E-state index in [4.69, 9.17) is 14.6 Å². The molecule has 3 aromatic rings. The molecule has 0 atom stereocenters. The molecule has 0 saturated carbocycles. The maximum atomic E-state index is 13.3. The number of halogens is 3. The zero-order valence-electron chi connectivity index (χ0n) is 19.2. The highest BCUT2D eigenvalue weighted by Gasteiger charge is 2.31. The van der Waals surface area contributed by atoms with Gasteiger partial charge in [0.05, 0.1) is 11.3 Å². The van der Waals surface area contributed by atoms with Gasteiger partial charge in [0.2, 0.25) is 5.88 Å². The van der Waals surface area contributed by atoms with Gasteiger partial charge in [0.15, 0.2) is 0 Å². The Balaban J connectivity index is 1.80. The van der Waals surface area contributed by atoms with Gasteiger partial charge in [-0.2, -0.15) is 13.2 Å². The molecule has 3 rings (SSSR count). The summed E-state index contributed by atoms with van der Waals surface area (Å²) in [6.07, 6.45) is -4.88. The molecular formula is C24H22F3N3O6. The minimum Gasteiger partial charge on any atom is -0.490 e. The van der Waals surface area contributed by atoms with E-state index in [-0.39, 0.29) is 41.0 Å². The molecule has 1 heterocycles.